The minimum absolute atomic E-state index is 0.104. The molecule has 0 fully saturated rings. The molecule has 0 N–H and O–H groups in total. The summed E-state index contributed by atoms with van der Waals surface area (Å²) in [5.74, 6) is -0.994. The zero-order chi connectivity index (χ0) is 41.5. The Labute approximate surface area is 350 Å². The van der Waals surface area contributed by atoms with Crippen LogP contribution in [0.1, 0.15) is 201 Å². The highest BCUT2D eigenvalue weighted by Crippen LogP contribution is 2.13. The standard InChI is InChI=1S/C51H84O6/c1-4-7-10-13-16-19-22-24-25-27-29-32-35-38-41-44-50(53)56-47-48(46-55-49(52)43-40-37-34-31-28-21-18-15-12-9-6-3)57-51(54)45-42-39-36-33-30-26-23-20-17-14-11-8-5-2/h8-9,11-12,14,17-23,31,34,48H,4-7,10,13,15-16,24-30,32-33,35-47H2,1-3H3/b11-8-,12-9-,17-14-,21-18-,22-19-,23-20-,34-31-. The second-order valence-corrected chi connectivity index (χ2v) is 15.0. The highest BCUT2D eigenvalue weighted by molar-refractivity contribution is 5.71. The Balaban J connectivity index is 4.47. The fraction of sp³-hybridized carbons (Fsp3) is 0.667. The van der Waals surface area contributed by atoms with Crippen LogP contribution in [0.15, 0.2) is 85.1 Å². The molecule has 1 atom stereocenters. The second-order valence-electron chi connectivity index (χ2n) is 15.0. The van der Waals surface area contributed by atoms with Gasteiger partial charge in [-0.05, 0) is 89.9 Å². The molecule has 0 rings (SSSR count). The van der Waals surface area contributed by atoms with Gasteiger partial charge in [0.1, 0.15) is 13.2 Å². The minimum Gasteiger partial charge on any atom is -0.462 e. The molecule has 0 aliphatic carbocycles. The van der Waals surface area contributed by atoms with E-state index in [4.69, 9.17) is 14.2 Å². The number of carbonyl (C=O) groups excluding carboxylic acids is 3. The predicted octanol–water partition coefficient (Wildman–Crippen LogP) is 14.9. The molecule has 0 aromatic carbocycles. The first kappa shape index (κ1) is 53.6. The number of hydrogen-bond donors (Lipinski definition) is 0. The van der Waals surface area contributed by atoms with Gasteiger partial charge in [-0.25, -0.2) is 0 Å². The van der Waals surface area contributed by atoms with Crippen molar-refractivity contribution in [2.24, 2.45) is 0 Å². The summed E-state index contributed by atoms with van der Waals surface area (Å²) in [6, 6.07) is 0. The third kappa shape index (κ3) is 43.6. The average molecular weight is 793 g/mol. The number of ether oxygens (including phenoxy) is 3. The largest absolute Gasteiger partial charge is 0.462 e. The fourth-order valence-corrected chi connectivity index (χ4v) is 5.99. The van der Waals surface area contributed by atoms with Gasteiger partial charge in [-0.1, -0.05) is 176 Å². The van der Waals surface area contributed by atoms with E-state index in [1.54, 1.807) is 0 Å². The SMILES string of the molecule is CC\C=C/C=C\C=C/CCCCCCCC(=O)OC(COC(=O)CCC/C=C\C/C=C\C/C=C\CC)COC(=O)CCCCCCCCC/C=C\CCCCCC. The summed E-state index contributed by atoms with van der Waals surface area (Å²) < 4.78 is 16.6. The summed E-state index contributed by atoms with van der Waals surface area (Å²) in [7, 11) is 0. The summed E-state index contributed by atoms with van der Waals surface area (Å²) in [5, 5.41) is 0. The number of allylic oxidation sites excluding steroid dienone is 14. The number of carbonyl (C=O) groups is 3. The number of hydrogen-bond acceptors (Lipinski definition) is 6. The molecule has 0 aromatic heterocycles. The van der Waals surface area contributed by atoms with Crippen LogP contribution in [0.3, 0.4) is 0 Å². The van der Waals surface area contributed by atoms with E-state index in [1.807, 2.05) is 6.08 Å². The monoisotopic (exact) mass is 793 g/mol. The van der Waals surface area contributed by atoms with Gasteiger partial charge in [-0.2, -0.15) is 0 Å². The molecule has 0 bridgehead atoms. The predicted molar refractivity (Wildman–Crippen MR) is 242 cm³/mol. The van der Waals surface area contributed by atoms with Crippen LogP contribution in [-0.2, 0) is 28.6 Å². The van der Waals surface area contributed by atoms with Crippen LogP contribution in [0.2, 0.25) is 0 Å². The van der Waals surface area contributed by atoms with Gasteiger partial charge in [-0.15, -0.1) is 0 Å². The van der Waals surface area contributed by atoms with Crippen molar-refractivity contribution in [2.75, 3.05) is 13.2 Å². The maximum atomic E-state index is 12.7. The Kier molecular flexibility index (Phi) is 42.6. The molecule has 0 amide bonds. The van der Waals surface area contributed by atoms with Gasteiger partial charge in [0.15, 0.2) is 6.10 Å². The summed E-state index contributed by atoms with van der Waals surface area (Å²) >= 11 is 0. The van der Waals surface area contributed by atoms with E-state index in [9.17, 15) is 14.4 Å². The Morgan fingerprint density at radius 1 is 0.386 bits per heavy atom. The first-order chi connectivity index (χ1) is 28.0. The molecule has 0 heterocycles. The van der Waals surface area contributed by atoms with Crippen molar-refractivity contribution in [2.45, 2.75) is 207 Å². The summed E-state index contributed by atoms with van der Waals surface area (Å²) in [4.78, 5) is 37.7. The van der Waals surface area contributed by atoms with E-state index in [0.717, 1.165) is 89.9 Å². The van der Waals surface area contributed by atoms with Gasteiger partial charge in [0.25, 0.3) is 0 Å². The normalized spacial score (nSPS) is 12.8. The van der Waals surface area contributed by atoms with E-state index in [1.165, 1.54) is 64.2 Å². The molecule has 0 saturated carbocycles. The van der Waals surface area contributed by atoms with Crippen LogP contribution in [0, 0.1) is 0 Å². The van der Waals surface area contributed by atoms with Gasteiger partial charge >= 0.3 is 17.9 Å². The van der Waals surface area contributed by atoms with Crippen molar-refractivity contribution < 1.29 is 28.6 Å². The Morgan fingerprint density at radius 3 is 1.35 bits per heavy atom. The van der Waals surface area contributed by atoms with E-state index < -0.39 is 6.10 Å². The molecule has 0 radical (unpaired) electrons. The van der Waals surface area contributed by atoms with Gasteiger partial charge in [0.05, 0.1) is 0 Å². The molecule has 0 aromatic rings. The van der Waals surface area contributed by atoms with E-state index in [0.29, 0.717) is 19.3 Å². The summed E-state index contributed by atoms with van der Waals surface area (Å²) in [6.45, 7) is 6.28. The smallest absolute Gasteiger partial charge is 0.306 e. The van der Waals surface area contributed by atoms with Crippen molar-refractivity contribution in [1.82, 2.24) is 0 Å². The molecule has 6 heteroatoms. The third-order valence-electron chi connectivity index (χ3n) is 9.43. The van der Waals surface area contributed by atoms with Crippen LogP contribution in [0.4, 0.5) is 0 Å². The van der Waals surface area contributed by atoms with Crippen molar-refractivity contribution in [3.05, 3.63) is 85.1 Å². The van der Waals surface area contributed by atoms with Crippen LogP contribution in [0.25, 0.3) is 0 Å². The summed E-state index contributed by atoms with van der Waals surface area (Å²) in [5.41, 5.74) is 0. The number of unbranched alkanes of at least 4 members (excludes halogenated alkanes) is 17. The van der Waals surface area contributed by atoms with Crippen molar-refractivity contribution in [3.8, 4) is 0 Å². The van der Waals surface area contributed by atoms with Crippen molar-refractivity contribution in [1.29, 1.82) is 0 Å². The lowest BCUT2D eigenvalue weighted by molar-refractivity contribution is -0.167. The molecular formula is C51H84O6. The Bertz CT molecular complexity index is 1140. The maximum absolute atomic E-state index is 12.7. The molecule has 0 saturated heterocycles. The van der Waals surface area contributed by atoms with Gasteiger partial charge in [0, 0.05) is 19.3 Å². The minimum atomic E-state index is -0.807. The molecule has 0 aliphatic heterocycles. The highest BCUT2D eigenvalue weighted by atomic mass is 16.6. The van der Waals surface area contributed by atoms with Crippen LogP contribution < -0.4 is 0 Å². The van der Waals surface area contributed by atoms with Crippen LogP contribution in [-0.4, -0.2) is 37.2 Å². The first-order valence-electron chi connectivity index (χ1n) is 23.1. The highest BCUT2D eigenvalue weighted by Gasteiger charge is 2.19. The lowest BCUT2D eigenvalue weighted by atomic mass is 10.1. The number of rotatable bonds is 40. The van der Waals surface area contributed by atoms with Gasteiger partial charge in [0.2, 0.25) is 0 Å². The molecule has 1 unspecified atom stereocenters. The topological polar surface area (TPSA) is 78.9 Å². The van der Waals surface area contributed by atoms with Crippen LogP contribution in [0.5, 0.6) is 0 Å². The molecule has 6 nitrogen and oxygen atoms in total. The lowest BCUT2D eigenvalue weighted by Gasteiger charge is -2.18. The zero-order valence-electron chi connectivity index (χ0n) is 36.8. The van der Waals surface area contributed by atoms with Crippen molar-refractivity contribution >= 4 is 17.9 Å². The lowest BCUT2D eigenvalue weighted by Crippen LogP contribution is -2.30. The number of esters is 3. The summed E-state index contributed by atoms with van der Waals surface area (Å²) in [6.07, 6.45) is 57.2. The molecule has 324 valence electrons. The van der Waals surface area contributed by atoms with E-state index in [2.05, 4.69) is 99.8 Å². The third-order valence-corrected chi connectivity index (χ3v) is 9.43. The van der Waals surface area contributed by atoms with Gasteiger partial charge < -0.3 is 14.2 Å². The van der Waals surface area contributed by atoms with Crippen molar-refractivity contribution in [3.63, 3.8) is 0 Å². The van der Waals surface area contributed by atoms with Crippen LogP contribution >= 0.6 is 0 Å². The fourth-order valence-electron chi connectivity index (χ4n) is 5.99. The average Bonchev–Trinajstić information content (AvgIpc) is 3.21. The molecule has 0 spiro atoms. The van der Waals surface area contributed by atoms with E-state index >= 15 is 0 Å². The molecule has 0 aliphatic rings. The second kappa shape index (κ2) is 45.3. The zero-order valence-corrected chi connectivity index (χ0v) is 36.8. The van der Waals surface area contributed by atoms with E-state index in [-0.39, 0.29) is 37.5 Å². The van der Waals surface area contributed by atoms with Gasteiger partial charge in [-0.3, -0.25) is 14.4 Å². The molecular weight excluding hydrogens is 709 g/mol. The maximum Gasteiger partial charge on any atom is 0.306 e. The Hall–Kier alpha value is -3.41. The quantitative estimate of drug-likeness (QED) is 0.0202. The Morgan fingerprint density at radius 2 is 0.789 bits per heavy atom. The molecule has 57 heavy (non-hydrogen) atoms. The first-order valence-corrected chi connectivity index (χ1v) is 23.1.